The molecule has 152 valence electrons. The van der Waals surface area contributed by atoms with Gasteiger partial charge in [-0.3, -0.25) is 0 Å². The third-order valence-electron chi connectivity index (χ3n) is 6.78. The molecule has 2 aromatic heterocycles. The molecule has 0 amide bonds. The van der Waals surface area contributed by atoms with E-state index in [0.29, 0.717) is 0 Å². The molecular formula is C30H20S2. The summed E-state index contributed by atoms with van der Waals surface area (Å²) in [5.41, 5.74) is 8.83. The van der Waals surface area contributed by atoms with Gasteiger partial charge in [0.25, 0.3) is 0 Å². The van der Waals surface area contributed by atoms with Crippen molar-refractivity contribution in [2.45, 2.75) is 12.8 Å². The molecule has 0 bridgehead atoms. The summed E-state index contributed by atoms with van der Waals surface area (Å²) < 4.78 is 0. The van der Waals surface area contributed by atoms with Gasteiger partial charge in [0, 0.05) is 20.9 Å². The normalized spacial score (nSPS) is 12.8. The summed E-state index contributed by atoms with van der Waals surface area (Å²) in [6.07, 6.45) is 2.00. The first-order chi connectivity index (χ1) is 15.9. The summed E-state index contributed by atoms with van der Waals surface area (Å²) in [5.74, 6) is 0. The van der Waals surface area contributed by atoms with E-state index >= 15 is 0 Å². The van der Waals surface area contributed by atoms with Gasteiger partial charge in [0.1, 0.15) is 0 Å². The number of benzene rings is 4. The van der Waals surface area contributed by atoms with Crippen molar-refractivity contribution < 1.29 is 0 Å². The number of hydrogen-bond acceptors (Lipinski definition) is 2. The smallest absolute Gasteiger partial charge is 0.0351 e. The van der Waals surface area contributed by atoms with Gasteiger partial charge in [0.05, 0.1) is 0 Å². The van der Waals surface area contributed by atoms with Crippen LogP contribution in [0.3, 0.4) is 0 Å². The Hall–Kier alpha value is -3.20. The molecule has 7 rings (SSSR count). The van der Waals surface area contributed by atoms with Gasteiger partial charge in [0.15, 0.2) is 0 Å². The van der Waals surface area contributed by atoms with E-state index in [1.807, 2.05) is 22.7 Å². The average molecular weight is 445 g/mol. The zero-order valence-corrected chi connectivity index (χ0v) is 19.1. The van der Waals surface area contributed by atoms with Crippen molar-refractivity contribution in [3.05, 3.63) is 118 Å². The maximum atomic E-state index is 2.43. The predicted molar refractivity (Wildman–Crippen MR) is 140 cm³/mol. The first-order valence-electron chi connectivity index (χ1n) is 11.0. The fourth-order valence-electron chi connectivity index (χ4n) is 5.36. The van der Waals surface area contributed by atoms with Gasteiger partial charge < -0.3 is 0 Å². The minimum absolute atomic E-state index is 1.000. The minimum Gasteiger partial charge on any atom is -0.144 e. The van der Waals surface area contributed by atoms with Crippen LogP contribution in [-0.2, 0) is 12.8 Å². The minimum atomic E-state index is 1.000. The van der Waals surface area contributed by atoms with Crippen molar-refractivity contribution in [3.63, 3.8) is 0 Å². The molecular weight excluding hydrogens is 424 g/mol. The highest BCUT2D eigenvalue weighted by atomic mass is 32.1. The Morgan fingerprint density at radius 3 is 1.41 bits per heavy atom. The van der Waals surface area contributed by atoms with Crippen molar-refractivity contribution in [1.29, 1.82) is 0 Å². The van der Waals surface area contributed by atoms with Crippen LogP contribution in [0.4, 0.5) is 0 Å². The van der Waals surface area contributed by atoms with Gasteiger partial charge in [-0.2, -0.15) is 0 Å². The van der Waals surface area contributed by atoms with E-state index in [4.69, 9.17) is 0 Å². The van der Waals surface area contributed by atoms with Gasteiger partial charge >= 0.3 is 0 Å². The lowest BCUT2D eigenvalue weighted by molar-refractivity contribution is 1.01. The van der Waals surface area contributed by atoms with E-state index < -0.39 is 0 Å². The Morgan fingerprint density at radius 2 is 0.969 bits per heavy atom. The van der Waals surface area contributed by atoms with Crippen molar-refractivity contribution in [3.8, 4) is 20.9 Å². The van der Waals surface area contributed by atoms with Gasteiger partial charge in [0.2, 0.25) is 0 Å². The van der Waals surface area contributed by atoms with Crippen LogP contribution in [0.5, 0.6) is 0 Å². The maximum absolute atomic E-state index is 2.43. The fourth-order valence-corrected chi connectivity index (χ4v) is 6.98. The SMILES string of the molecule is c1csc(-c2c3c(c(-c4cccs4)c4cc5ccccc5cc24)Cc2ccccc2C3)c1. The van der Waals surface area contributed by atoms with E-state index in [2.05, 4.69) is 95.7 Å². The van der Waals surface area contributed by atoms with E-state index in [0.717, 1.165) is 12.8 Å². The summed E-state index contributed by atoms with van der Waals surface area (Å²) in [7, 11) is 0. The van der Waals surface area contributed by atoms with Crippen LogP contribution in [0, 0.1) is 0 Å². The quantitative estimate of drug-likeness (QED) is 0.233. The van der Waals surface area contributed by atoms with E-state index in [-0.39, 0.29) is 0 Å². The van der Waals surface area contributed by atoms with E-state index in [9.17, 15) is 0 Å². The Balaban J connectivity index is 1.69. The Morgan fingerprint density at radius 1 is 0.500 bits per heavy atom. The van der Waals surface area contributed by atoms with Crippen LogP contribution in [0.25, 0.3) is 42.4 Å². The molecule has 0 radical (unpaired) electrons. The van der Waals surface area contributed by atoms with E-state index in [1.165, 1.54) is 64.7 Å². The number of hydrogen-bond donors (Lipinski definition) is 0. The maximum Gasteiger partial charge on any atom is 0.0351 e. The molecule has 1 aliphatic rings. The summed E-state index contributed by atoms with van der Waals surface area (Å²) in [4.78, 5) is 2.75. The molecule has 4 aromatic carbocycles. The summed E-state index contributed by atoms with van der Waals surface area (Å²) in [6, 6.07) is 31.6. The molecule has 0 spiro atoms. The summed E-state index contributed by atoms with van der Waals surface area (Å²) in [5, 5.41) is 9.80. The second-order valence-electron chi connectivity index (χ2n) is 8.53. The zero-order chi connectivity index (χ0) is 21.1. The van der Waals surface area contributed by atoms with Crippen molar-refractivity contribution in [2.75, 3.05) is 0 Å². The van der Waals surface area contributed by atoms with Gasteiger partial charge in [-0.15, -0.1) is 22.7 Å². The third kappa shape index (κ3) is 2.73. The molecule has 6 aromatic rings. The zero-order valence-electron chi connectivity index (χ0n) is 17.5. The molecule has 0 aliphatic heterocycles. The van der Waals surface area contributed by atoms with Crippen molar-refractivity contribution >= 4 is 44.2 Å². The highest BCUT2D eigenvalue weighted by Crippen LogP contribution is 2.48. The molecule has 2 heterocycles. The largest absolute Gasteiger partial charge is 0.144 e. The Bertz CT molecular complexity index is 1480. The molecule has 0 N–H and O–H groups in total. The van der Waals surface area contributed by atoms with Crippen LogP contribution >= 0.6 is 22.7 Å². The second kappa shape index (κ2) is 7.16. The molecule has 0 fully saturated rings. The van der Waals surface area contributed by atoms with Gasteiger partial charge in [-0.25, -0.2) is 0 Å². The number of thiophene rings is 2. The molecule has 0 saturated heterocycles. The fraction of sp³-hybridized carbons (Fsp3) is 0.0667. The van der Waals surface area contributed by atoms with E-state index in [1.54, 1.807) is 0 Å². The summed E-state index contributed by atoms with van der Waals surface area (Å²) >= 11 is 3.71. The Labute approximate surface area is 195 Å². The third-order valence-corrected chi connectivity index (χ3v) is 8.56. The first kappa shape index (κ1) is 18.4. The predicted octanol–water partition coefficient (Wildman–Crippen LogP) is 8.95. The highest BCUT2D eigenvalue weighted by Gasteiger charge is 2.26. The second-order valence-corrected chi connectivity index (χ2v) is 10.4. The van der Waals surface area contributed by atoms with Crippen molar-refractivity contribution in [1.82, 2.24) is 0 Å². The average Bonchev–Trinajstić information content (AvgIpc) is 3.55. The van der Waals surface area contributed by atoms with Crippen LogP contribution < -0.4 is 0 Å². The lowest BCUT2D eigenvalue weighted by atomic mass is 9.77. The van der Waals surface area contributed by atoms with Crippen LogP contribution in [0.15, 0.2) is 95.7 Å². The highest BCUT2D eigenvalue weighted by molar-refractivity contribution is 7.14. The molecule has 32 heavy (non-hydrogen) atoms. The first-order valence-corrected chi connectivity index (χ1v) is 12.8. The molecule has 0 unspecified atom stereocenters. The van der Waals surface area contributed by atoms with Gasteiger partial charge in [-0.1, -0.05) is 60.7 Å². The van der Waals surface area contributed by atoms with Crippen LogP contribution in [0.1, 0.15) is 22.3 Å². The monoisotopic (exact) mass is 444 g/mol. The Kier molecular flexibility index (Phi) is 4.11. The topological polar surface area (TPSA) is 0 Å². The molecule has 2 heteroatoms. The van der Waals surface area contributed by atoms with Crippen molar-refractivity contribution in [2.24, 2.45) is 0 Å². The standard InChI is InChI=1S/C30H20S2/c1-2-8-20-16-24-23(15-19(20)7-1)29(27-11-5-13-31-27)25-17-21-9-3-4-10-22(21)18-26(25)30(24)28-12-6-14-32-28/h1-16H,17-18H2. The summed E-state index contributed by atoms with van der Waals surface area (Å²) in [6.45, 7) is 0. The lowest BCUT2D eigenvalue weighted by Crippen LogP contribution is -2.11. The number of rotatable bonds is 2. The molecule has 0 atom stereocenters. The molecule has 0 nitrogen and oxygen atoms in total. The lowest BCUT2D eigenvalue weighted by Gasteiger charge is -2.27. The number of fused-ring (bicyclic) bond motifs is 4. The van der Waals surface area contributed by atoms with Gasteiger partial charge in [-0.05, 0) is 91.7 Å². The molecule has 1 aliphatic carbocycles. The van der Waals surface area contributed by atoms with Crippen LogP contribution in [-0.4, -0.2) is 0 Å². The van der Waals surface area contributed by atoms with Crippen LogP contribution in [0.2, 0.25) is 0 Å². The molecule has 0 saturated carbocycles.